The van der Waals surface area contributed by atoms with E-state index in [4.69, 9.17) is 9.47 Å². The van der Waals surface area contributed by atoms with E-state index in [2.05, 4.69) is 27.7 Å². The number of carbonyl (C=O) groups excluding carboxylic acids is 3. The van der Waals surface area contributed by atoms with Crippen molar-refractivity contribution in [2.24, 2.45) is 34.0 Å². The van der Waals surface area contributed by atoms with Crippen LogP contribution < -0.4 is 0 Å². The molecule has 6 heteroatoms. The second-order valence-corrected chi connectivity index (χ2v) is 13.4. The molecule has 0 amide bonds. The first-order valence-corrected chi connectivity index (χ1v) is 13.4. The second-order valence-electron chi connectivity index (χ2n) is 13.4. The maximum Gasteiger partial charge on any atom is 0.303 e. The highest BCUT2D eigenvalue weighted by molar-refractivity contribution is 5.96. The van der Waals surface area contributed by atoms with E-state index in [0.717, 1.165) is 25.7 Å². The summed E-state index contributed by atoms with van der Waals surface area (Å²) in [5.41, 5.74) is -0.730. The number of esters is 2. The van der Waals surface area contributed by atoms with Crippen molar-refractivity contribution in [3.8, 4) is 0 Å². The van der Waals surface area contributed by atoms with Gasteiger partial charge in [0, 0.05) is 32.1 Å². The van der Waals surface area contributed by atoms with Crippen LogP contribution in [-0.4, -0.2) is 40.6 Å². The molecule has 8 atom stereocenters. The van der Waals surface area contributed by atoms with Crippen LogP contribution in [0.5, 0.6) is 0 Å². The predicted molar refractivity (Wildman–Crippen MR) is 132 cm³/mol. The molecule has 0 aliphatic heterocycles. The van der Waals surface area contributed by atoms with E-state index in [1.165, 1.54) is 13.8 Å². The highest BCUT2D eigenvalue weighted by Crippen LogP contribution is 2.69. The van der Waals surface area contributed by atoms with Gasteiger partial charge in [0.25, 0.3) is 0 Å². The number of fused-ring (bicyclic) bond motifs is 3. The van der Waals surface area contributed by atoms with E-state index >= 15 is 0 Å². The van der Waals surface area contributed by atoms with Gasteiger partial charge in [-0.3, -0.25) is 14.4 Å². The zero-order chi connectivity index (χ0) is 26.0. The lowest BCUT2D eigenvalue weighted by Crippen LogP contribution is -2.65. The largest absolute Gasteiger partial charge is 0.462 e. The first kappa shape index (κ1) is 26.4. The fraction of sp³-hybridized carbons (Fsp3) is 0.828. The third-order valence-corrected chi connectivity index (χ3v) is 10.3. The van der Waals surface area contributed by atoms with E-state index in [-0.39, 0.29) is 46.4 Å². The molecule has 0 unspecified atom stereocenters. The van der Waals surface area contributed by atoms with Gasteiger partial charge in [0.2, 0.25) is 0 Å². The molecule has 0 bridgehead atoms. The fourth-order valence-corrected chi connectivity index (χ4v) is 9.39. The number of allylic oxidation sites excluding steroid dienone is 1. The maximum absolute atomic E-state index is 12.7. The normalized spacial score (nSPS) is 45.0. The summed E-state index contributed by atoms with van der Waals surface area (Å²) >= 11 is 0. The molecule has 0 spiro atoms. The summed E-state index contributed by atoms with van der Waals surface area (Å²) in [6.07, 6.45) is 7.10. The summed E-state index contributed by atoms with van der Waals surface area (Å²) < 4.78 is 11.7. The molecule has 196 valence electrons. The van der Waals surface area contributed by atoms with E-state index in [1.807, 2.05) is 0 Å². The van der Waals surface area contributed by atoms with Crippen molar-refractivity contribution >= 4 is 17.7 Å². The highest BCUT2D eigenvalue weighted by atomic mass is 16.5. The van der Waals surface area contributed by atoms with Gasteiger partial charge in [-0.05, 0) is 79.3 Å². The SMILES string of the molecule is CC(=O)O[C@@H]1C=C(C)C(=O)C[C@@H]1[C@@]1(O)CC[C@H]2[C@@](C)(C[C@@H](OC(C)=O)[C@H]3C(C)(C)CCC[C@@]32C)C1. The topological polar surface area (TPSA) is 89.9 Å². The Balaban J connectivity index is 1.71. The van der Waals surface area contributed by atoms with Crippen molar-refractivity contribution in [3.05, 3.63) is 11.6 Å². The lowest BCUT2D eigenvalue weighted by atomic mass is 9.39. The number of Topliss-reactive ketones (excluding diaryl/α,β-unsaturated/α-hetero) is 1. The van der Waals surface area contributed by atoms with Crippen LogP contribution >= 0.6 is 0 Å². The first-order chi connectivity index (χ1) is 16.1. The zero-order valence-electron chi connectivity index (χ0n) is 22.6. The molecule has 0 heterocycles. The Morgan fingerprint density at radius 3 is 2.31 bits per heavy atom. The van der Waals surface area contributed by atoms with Gasteiger partial charge >= 0.3 is 11.9 Å². The number of hydrogen-bond acceptors (Lipinski definition) is 6. The van der Waals surface area contributed by atoms with E-state index in [0.29, 0.717) is 30.8 Å². The standard InChI is InChI=1S/C29H44O6/c1-17-13-22(34-18(2)30)20(14-21(17)32)29(33)12-9-24-27(6,16-29)15-23(35-19(3)31)25-26(4,5)10-8-11-28(24,25)7/h13,20,22-25,33H,8-12,14-16H2,1-7H3/t20-,22+,23+,24-,25-,27-,28+,29+/m0/s1. The molecular weight excluding hydrogens is 444 g/mol. The minimum atomic E-state index is -1.13. The van der Waals surface area contributed by atoms with Crippen molar-refractivity contribution < 1.29 is 29.0 Å². The minimum absolute atomic E-state index is 0.00148. The second kappa shape index (κ2) is 8.71. The average Bonchev–Trinajstić information content (AvgIpc) is 2.67. The molecule has 0 aromatic rings. The van der Waals surface area contributed by atoms with Crippen molar-refractivity contribution in [1.82, 2.24) is 0 Å². The smallest absolute Gasteiger partial charge is 0.303 e. The molecule has 35 heavy (non-hydrogen) atoms. The molecule has 4 rings (SSSR count). The summed E-state index contributed by atoms with van der Waals surface area (Å²) in [4.78, 5) is 36.7. The Morgan fingerprint density at radius 1 is 1.03 bits per heavy atom. The number of ketones is 1. The number of hydrogen-bond donors (Lipinski definition) is 1. The zero-order valence-corrected chi connectivity index (χ0v) is 22.6. The van der Waals surface area contributed by atoms with Crippen LogP contribution in [-0.2, 0) is 23.9 Å². The van der Waals surface area contributed by atoms with Gasteiger partial charge in [0.1, 0.15) is 12.2 Å². The fourth-order valence-electron chi connectivity index (χ4n) is 9.39. The van der Waals surface area contributed by atoms with Gasteiger partial charge < -0.3 is 14.6 Å². The highest BCUT2D eigenvalue weighted by Gasteiger charge is 2.66. The van der Waals surface area contributed by atoms with Crippen molar-refractivity contribution in [3.63, 3.8) is 0 Å². The monoisotopic (exact) mass is 488 g/mol. The Labute approximate surface area is 210 Å². The summed E-state index contributed by atoms with van der Waals surface area (Å²) in [5, 5.41) is 12.2. The Morgan fingerprint density at radius 2 is 1.69 bits per heavy atom. The van der Waals surface area contributed by atoms with Gasteiger partial charge in [-0.15, -0.1) is 0 Å². The minimum Gasteiger partial charge on any atom is -0.462 e. The Kier molecular flexibility index (Phi) is 6.56. The van der Waals surface area contributed by atoms with Gasteiger partial charge in [-0.1, -0.05) is 34.1 Å². The summed E-state index contributed by atoms with van der Waals surface area (Å²) in [7, 11) is 0. The predicted octanol–water partition coefficient (Wildman–Crippen LogP) is 5.16. The van der Waals surface area contributed by atoms with Crippen LogP contribution in [0, 0.1) is 34.0 Å². The lowest BCUT2D eigenvalue weighted by Gasteiger charge is -2.67. The molecular formula is C29H44O6. The molecule has 0 aromatic heterocycles. The summed E-state index contributed by atoms with van der Waals surface area (Å²) in [6, 6.07) is 0. The molecule has 0 saturated heterocycles. The lowest BCUT2D eigenvalue weighted by molar-refractivity contribution is -0.237. The molecule has 1 N–H and O–H groups in total. The van der Waals surface area contributed by atoms with Crippen LogP contribution in [0.4, 0.5) is 0 Å². The van der Waals surface area contributed by atoms with Crippen LogP contribution in [0.15, 0.2) is 11.6 Å². The molecule has 0 aromatic carbocycles. The maximum atomic E-state index is 12.7. The van der Waals surface area contributed by atoms with Gasteiger partial charge in [-0.25, -0.2) is 0 Å². The number of ether oxygens (including phenoxy) is 2. The molecule has 4 aliphatic rings. The van der Waals surface area contributed by atoms with Crippen LogP contribution in [0.1, 0.15) is 99.8 Å². The van der Waals surface area contributed by atoms with Crippen molar-refractivity contribution in [1.29, 1.82) is 0 Å². The van der Waals surface area contributed by atoms with Gasteiger partial charge in [0.05, 0.1) is 5.60 Å². The van der Waals surface area contributed by atoms with Gasteiger partial charge in [0.15, 0.2) is 5.78 Å². The number of carbonyl (C=O) groups is 3. The van der Waals surface area contributed by atoms with E-state index in [9.17, 15) is 19.5 Å². The van der Waals surface area contributed by atoms with Crippen molar-refractivity contribution in [2.75, 3.05) is 0 Å². The molecule has 3 fully saturated rings. The third kappa shape index (κ3) is 4.49. The summed E-state index contributed by atoms with van der Waals surface area (Å²) in [6.45, 7) is 13.9. The van der Waals surface area contributed by atoms with Crippen LogP contribution in [0.2, 0.25) is 0 Å². The summed E-state index contributed by atoms with van der Waals surface area (Å²) in [5.74, 6) is -0.472. The number of aliphatic hydroxyl groups is 1. The van der Waals surface area contributed by atoms with E-state index in [1.54, 1.807) is 13.0 Å². The van der Waals surface area contributed by atoms with E-state index < -0.39 is 23.6 Å². The van der Waals surface area contributed by atoms with Gasteiger partial charge in [-0.2, -0.15) is 0 Å². The average molecular weight is 489 g/mol. The quantitative estimate of drug-likeness (QED) is 0.552. The first-order valence-electron chi connectivity index (χ1n) is 13.4. The van der Waals surface area contributed by atoms with Crippen LogP contribution in [0.3, 0.4) is 0 Å². The van der Waals surface area contributed by atoms with Crippen LogP contribution in [0.25, 0.3) is 0 Å². The Bertz CT molecular complexity index is 935. The molecule has 3 saturated carbocycles. The molecule has 4 aliphatic carbocycles. The molecule has 0 radical (unpaired) electrons. The Hall–Kier alpha value is -1.69. The third-order valence-electron chi connectivity index (χ3n) is 10.3. The number of rotatable bonds is 3. The van der Waals surface area contributed by atoms with Crippen molar-refractivity contribution in [2.45, 2.75) is 118 Å². The molecule has 6 nitrogen and oxygen atoms in total.